The molecule has 0 amide bonds. The number of nitrogens with zero attached hydrogens (tertiary/aromatic N) is 2. The summed E-state index contributed by atoms with van der Waals surface area (Å²) in [7, 11) is 0. The third kappa shape index (κ3) is 3.08. The van der Waals surface area contributed by atoms with Crippen molar-refractivity contribution in [1.29, 1.82) is 0 Å². The van der Waals surface area contributed by atoms with Crippen molar-refractivity contribution < 1.29 is 9.18 Å². The molecule has 0 saturated carbocycles. The van der Waals surface area contributed by atoms with Gasteiger partial charge >= 0.3 is 0 Å². The Morgan fingerprint density at radius 2 is 2.11 bits per heavy atom. The Kier molecular flexibility index (Phi) is 3.79. The maximum atomic E-state index is 13.0. The van der Waals surface area contributed by atoms with E-state index in [2.05, 4.69) is 5.10 Å². The molecule has 0 radical (unpaired) electrons. The van der Waals surface area contributed by atoms with Gasteiger partial charge in [0.15, 0.2) is 5.78 Å². The lowest BCUT2D eigenvalue weighted by atomic mass is 10.0. The molecule has 19 heavy (non-hydrogen) atoms. The zero-order chi connectivity index (χ0) is 14.0. The molecule has 0 atom stereocenters. The van der Waals surface area contributed by atoms with Crippen LogP contribution in [0.1, 0.15) is 41.5 Å². The van der Waals surface area contributed by atoms with Gasteiger partial charge in [-0.05, 0) is 50.6 Å². The lowest BCUT2D eigenvalue weighted by molar-refractivity contribution is 0.0991. The van der Waals surface area contributed by atoms with Gasteiger partial charge in [0, 0.05) is 17.8 Å². The van der Waals surface area contributed by atoms with Gasteiger partial charge in [-0.2, -0.15) is 5.10 Å². The summed E-state index contributed by atoms with van der Waals surface area (Å²) >= 11 is 0. The molecule has 0 unspecified atom stereocenters. The Morgan fingerprint density at radius 3 is 2.68 bits per heavy atom. The molecule has 0 N–H and O–H groups in total. The normalized spacial score (nSPS) is 11.0. The molecule has 2 rings (SSSR count). The van der Waals surface area contributed by atoms with Crippen LogP contribution in [0.4, 0.5) is 4.39 Å². The molecule has 1 aromatic heterocycles. The van der Waals surface area contributed by atoms with E-state index in [1.54, 1.807) is 6.92 Å². The zero-order valence-corrected chi connectivity index (χ0v) is 11.4. The summed E-state index contributed by atoms with van der Waals surface area (Å²) in [6, 6.07) is 6.34. The first-order valence-electron chi connectivity index (χ1n) is 6.30. The number of carbonyl (C=O) groups excluding carboxylic acids is 1. The second-order valence-electron chi connectivity index (χ2n) is 4.94. The summed E-state index contributed by atoms with van der Waals surface area (Å²) in [5.41, 5.74) is 1.95. The van der Waals surface area contributed by atoms with Crippen LogP contribution in [-0.4, -0.2) is 15.6 Å². The number of ketones is 1. The minimum atomic E-state index is -0.321. The van der Waals surface area contributed by atoms with E-state index in [1.165, 1.54) is 18.2 Å². The van der Waals surface area contributed by atoms with Crippen molar-refractivity contribution in [2.24, 2.45) is 0 Å². The quantitative estimate of drug-likeness (QED) is 0.790. The molecule has 1 heterocycles. The zero-order valence-electron chi connectivity index (χ0n) is 11.4. The number of rotatable bonds is 4. The predicted octanol–water partition coefficient (Wildman–Crippen LogP) is 3.34. The van der Waals surface area contributed by atoms with Gasteiger partial charge in [0.1, 0.15) is 5.82 Å². The van der Waals surface area contributed by atoms with E-state index in [0.29, 0.717) is 11.1 Å². The van der Waals surface area contributed by atoms with Crippen molar-refractivity contribution >= 4 is 5.78 Å². The van der Waals surface area contributed by atoms with Gasteiger partial charge in [-0.25, -0.2) is 4.39 Å². The van der Waals surface area contributed by atoms with Crippen LogP contribution in [0.25, 0.3) is 0 Å². The fourth-order valence-electron chi connectivity index (χ4n) is 1.96. The van der Waals surface area contributed by atoms with E-state index in [-0.39, 0.29) is 24.1 Å². The van der Waals surface area contributed by atoms with Gasteiger partial charge in [0.2, 0.25) is 0 Å². The second-order valence-corrected chi connectivity index (χ2v) is 4.94. The molecule has 0 aliphatic rings. The van der Waals surface area contributed by atoms with Crippen LogP contribution in [0.2, 0.25) is 0 Å². The molecule has 0 aliphatic carbocycles. The molecule has 0 spiro atoms. The van der Waals surface area contributed by atoms with E-state index in [4.69, 9.17) is 0 Å². The largest absolute Gasteiger partial charge is 0.294 e. The molecule has 3 nitrogen and oxygen atoms in total. The highest BCUT2D eigenvalue weighted by molar-refractivity contribution is 5.98. The summed E-state index contributed by atoms with van der Waals surface area (Å²) in [5, 5.41) is 4.34. The first-order valence-corrected chi connectivity index (χ1v) is 6.30. The van der Waals surface area contributed by atoms with Crippen molar-refractivity contribution in [3.63, 3.8) is 0 Å². The number of aryl methyl sites for hydroxylation is 1. The molecule has 1 aromatic carbocycles. The topological polar surface area (TPSA) is 34.9 Å². The number of halogens is 1. The summed E-state index contributed by atoms with van der Waals surface area (Å²) in [4.78, 5) is 12.2. The fraction of sp³-hybridized carbons (Fsp3) is 0.333. The van der Waals surface area contributed by atoms with Crippen LogP contribution >= 0.6 is 0 Å². The maximum Gasteiger partial charge on any atom is 0.169 e. The summed E-state index contributed by atoms with van der Waals surface area (Å²) in [6.07, 6.45) is 2.11. The first kappa shape index (κ1) is 13.5. The Morgan fingerprint density at radius 1 is 1.37 bits per heavy atom. The molecule has 0 aliphatic heterocycles. The van der Waals surface area contributed by atoms with Crippen molar-refractivity contribution in [1.82, 2.24) is 9.78 Å². The average molecular weight is 260 g/mol. The number of aromatic nitrogens is 2. The summed E-state index contributed by atoms with van der Waals surface area (Å²) in [5.74, 6) is -0.357. The number of hydrogen-bond donors (Lipinski definition) is 0. The average Bonchev–Trinajstić information content (AvgIpc) is 2.77. The SMILES string of the molecule is Cc1cc(F)ccc1C(=O)Cc1ccn(C(C)C)n1. The van der Waals surface area contributed by atoms with Crippen LogP contribution < -0.4 is 0 Å². The molecule has 100 valence electrons. The lowest BCUT2D eigenvalue weighted by Crippen LogP contribution is -2.08. The minimum absolute atomic E-state index is 0.0356. The van der Waals surface area contributed by atoms with Crippen LogP contribution in [0.3, 0.4) is 0 Å². The number of Topliss-reactive ketones (excluding diaryl/α,β-unsaturated/α-hetero) is 1. The van der Waals surface area contributed by atoms with Gasteiger partial charge in [-0.3, -0.25) is 9.48 Å². The smallest absolute Gasteiger partial charge is 0.169 e. The highest BCUT2D eigenvalue weighted by Gasteiger charge is 2.12. The van der Waals surface area contributed by atoms with E-state index in [1.807, 2.05) is 30.8 Å². The molecule has 0 fully saturated rings. The molecule has 2 aromatic rings. The van der Waals surface area contributed by atoms with Gasteiger partial charge in [0.05, 0.1) is 12.1 Å². The van der Waals surface area contributed by atoms with E-state index >= 15 is 0 Å². The van der Waals surface area contributed by atoms with Crippen LogP contribution in [-0.2, 0) is 6.42 Å². The second kappa shape index (κ2) is 5.34. The molecular weight excluding hydrogens is 243 g/mol. The van der Waals surface area contributed by atoms with Crippen molar-refractivity contribution in [3.8, 4) is 0 Å². The predicted molar refractivity (Wildman–Crippen MR) is 71.8 cm³/mol. The minimum Gasteiger partial charge on any atom is -0.294 e. The van der Waals surface area contributed by atoms with Gasteiger partial charge < -0.3 is 0 Å². The third-order valence-corrected chi connectivity index (χ3v) is 3.02. The van der Waals surface area contributed by atoms with Crippen molar-refractivity contribution in [2.75, 3.05) is 0 Å². The molecule has 0 bridgehead atoms. The van der Waals surface area contributed by atoms with Crippen LogP contribution in [0.15, 0.2) is 30.5 Å². The summed E-state index contributed by atoms with van der Waals surface area (Å²) < 4.78 is 14.8. The van der Waals surface area contributed by atoms with Crippen LogP contribution in [0, 0.1) is 12.7 Å². The third-order valence-electron chi connectivity index (χ3n) is 3.02. The van der Waals surface area contributed by atoms with Crippen molar-refractivity contribution in [2.45, 2.75) is 33.2 Å². The Hall–Kier alpha value is -1.97. The Bertz CT molecular complexity index is 602. The number of benzene rings is 1. The summed E-state index contributed by atoms with van der Waals surface area (Å²) in [6.45, 7) is 5.80. The highest BCUT2D eigenvalue weighted by atomic mass is 19.1. The molecular formula is C15H17FN2O. The van der Waals surface area contributed by atoms with E-state index in [9.17, 15) is 9.18 Å². The van der Waals surface area contributed by atoms with E-state index < -0.39 is 0 Å². The lowest BCUT2D eigenvalue weighted by Gasteiger charge is -2.05. The molecule has 0 saturated heterocycles. The first-order chi connectivity index (χ1) is 8.97. The number of hydrogen-bond acceptors (Lipinski definition) is 2. The standard InChI is InChI=1S/C15H17FN2O/c1-10(2)18-7-6-13(17-18)9-15(19)14-5-4-12(16)8-11(14)3/h4-8,10H,9H2,1-3H3. The Balaban J connectivity index is 2.16. The van der Waals surface area contributed by atoms with Gasteiger partial charge in [0.25, 0.3) is 0 Å². The maximum absolute atomic E-state index is 13.0. The van der Waals surface area contributed by atoms with Crippen LogP contribution in [0.5, 0.6) is 0 Å². The van der Waals surface area contributed by atoms with Gasteiger partial charge in [-0.15, -0.1) is 0 Å². The fourth-order valence-corrected chi connectivity index (χ4v) is 1.96. The monoisotopic (exact) mass is 260 g/mol. The van der Waals surface area contributed by atoms with Gasteiger partial charge in [-0.1, -0.05) is 0 Å². The number of carbonyl (C=O) groups is 1. The Labute approximate surface area is 112 Å². The molecule has 4 heteroatoms. The highest BCUT2D eigenvalue weighted by Crippen LogP contribution is 2.13. The van der Waals surface area contributed by atoms with E-state index in [0.717, 1.165) is 5.69 Å². The van der Waals surface area contributed by atoms with Crippen molar-refractivity contribution in [3.05, 3.63) is 53.1 Å².